The van der Waals surface area contributed by atoms with E-state index in [9.17, 15) is 4.79 Å². The van der Waals surface area contributed by atoms with Crippen LogP contribution in [0.1, 0.15) is 11.3 Å². The van der Waals surface area contributed by atoms with Gasteiger partial charge < -0.3 is 9.73 Å². The number of aryl methyl sites for hydroxylation is 1. The lowest BCUT2D eigenvalue weighted by atomic mass is 10.2. The van der Waals surface area contributed by atoms with Gasteiger partial charge in [-0.05, 0) is 42.8 Å². The fourth-order valence-corrected chi connectivity index (χ4v) is 2.45. The molecule has 0 aliphatic carbocycles. The molecule has 0 saturated carbocycles. The number of nitrogens with one attached hydrogen (secondary N) is 1. The van der Waals surface area contributed by atoms with Crippen LogP contribution in [0.2, 0.25) is 5.02 Å². The van der Waals surface area contributed by atoms with E-state index in [4.69, 9.17) is 16.0 Å². The molecule has 116 valence electrons. The molecule has 1 amide bonds. The number of benzene rings is 2. The number of carbonyl (C=O) groups excluding carboxylic acids is 1. The number of carbonyl (C=O) groups is 1. The van der Waals surface area contributed by atoms with E-state index in [1.54, 1.807) is 18.2 Å². The summed E-state index contributed by atoms with van der Waals surface area (Å²) in [6.07, 6.45) is 1.66. The summed E-state index contributed by atoms with van der Waals surface area (Å²) >= 11 is 5.91. The predicted octanol–water partition coefficient (Wildman–Crippen LogP) is 4.48. The monoisotopic (exact) mass is 326 g/mol. The average Bonchev–Trinajstić information content (AvgIpc) is 2.99. The van der Waals surface area contributed by atoms with Crippen LogP contribution in [-0.4, -0.2) is 10.9 Å². The molecule has 0 bridgehead atoms. The molecule has 0 fully saturated rings. The third kappa shape index (κ3) is 3.79. The molecule has 2 aromatic carbocycles. The van der Waals surface area contributed by atoms with Crippen LogP contribution in [0.5, 0.6) is 0 Å². The van der Waals surface area contributed by atoms with Crippen molar-refractivity contribution in [3.8, 4) is 11.5 Å². The van der Waals surface area contributed by atoms with Gasteiger partial charge in [0.15, 0.2) is 0 Å². The van der Waals surface area contributed by atoms with E-state index in [0.717, 1.165) is 16.8 Å². The fourth-order valence-electron chi connectivity index (χ4n) is 2.23. The minimum absolute atomic E-state index is 0.150. The second kappa shape index (κ2) is 6.67. The number of nitrogens with zero attached hydrogens (tertiary/aromatic N) is 1. The second-order valence-electron chi connectivity index (χ2n) is 5.19. The van der Waals surface area contributed by atoms with Crippen molar-refractivity contribution in [3.63, 3.8) is 0 Å². The lowest BCUT2D eigenvalue weighted by Crippen LogP contribution is -2.15. The number of rotatable bonds is 4. The molecule has 0 saturated heterocycles. The van der Waals surface area contributed by atoms with Crippen LogP contribution < -0.4 is 5.32 Å². The Morgan fingerprint density at radius 3 is 2.74 bits per heavy atom. The highest BCUT2D eigenvalue weighted by Crippen LogP contribution is 2.21. The number of halogens is 1. The van der Waals surface area contributed by atoms with E-state index in [1.807, 2.05) is 37.3 Å². The van der Waals surface area contributed by atoms with E-state index in [1.165, 1.54) is 6.26 Å². The maximum atomic E-state index is 12.1. The molecule has 0 unspecified atom stereocenters. The van der Waals surface area contributed by atoms with Crippen molar-refractivity contribution < 1.29 is 9.21 Å². The van der Waals surface area contributed by atoms with Crippen molar-refractivity contribution in [2.45, 2.75) is 13.3 Å². The molecule has 5 heteroatoms. The standard InChI is InChI=1S/C18H15ClN2O2/c1-12-9-14(19)7-8-16(12)21-17(22)10-15-11-23-18(20-15)13-5-3-2-4-6-13/h2-9,11H,10H2,1H3,(H,21,22). The van der Waals surface area contributed by atoms with Gasteiger partial charge in [-0.15, -0.1) is 0 Å². The maximum Gasteiger partial charge on any atom is 0.230 e. The lowest BCUT2D eigenvalue weighted by molar-refractivity contribution is -0.115. The molecule has 1 heterocycles. The molecule has 0 spiro atoms. The zero-order valence-electron chi connectivity index (χ0n) is 12.5. The van der Waals surface area contributed by atoms with Crippen LogP contribution in [0, 0.1) is 6.92 Å². The number of amides is 1. The maximum absolute atomic E-state index is 12.1. The third-order valence-electron chi connectivity index (χ3n) is 3.38. The fraction of sp³-hybridized carbons (Fsp3) is 0.111. The van der Waals surface area contributed by atoms with Gasteiger partial charge in [0, 0.05) is 16.3 Å². The van der Waals surface area contributed by atoms with E-state index in [2.05, 4.69) is 10.3 Å². The van der Waals surface area contributed by atoms with E-state index < -0.39 is 0 Å². The molecular weight excluding hydrogens is 312 g/mol. The van der Waals surface area contributed by atoms with Gasteiger partial charge in [-0.2, -0.15) is 0 Å². The van der Waals surface area contributed by atoms with Gasteiger partial charge in [0.05, 0.1) is 12.1 Å². The van der Waals surface area contributed by atoms with Crippen LogP contribution >= 0.6 is 11.6 Å². The van der Waals surface area contributed by atoms with Crippen molar-refractivity contribution >= 4 is 23.2 Å². The Morgan fingerprint density at radius 1 is 1.22 bits per heavy atom. The van der Waals surface area contributed by atoms with Gasteiger partial charge in [0.1, 0.15) is 6.26 Å². The molecule has 4 nitrogen and oxygen atoms in total. The Bertz CT molecular complexity index is 828. The SMILES string of the molecule is Cc1cc(Cl)ccc1NC(=O)Cc1coc(-c2ccccc2)n1. The number of oxazole rings is 1. The minimum atomic E-state index is -0.150. The molecule has 23 heavy (non-hydrogen) atoms. The zero-order chi connectivity index (χ0) is 16.2. The highest BCUT2D eigenvalue weighted by Gasteiger charge is 2.11. The molecule has 0 aliphatic rings. The Balaban J connectivity index is 1.68. The first-order valence-electron chi connectivity index (χ1n) is 7.17. The molecule has 1 aromatic heterocycles. The Hall–Kier alpha value is -2.59. The highest BCUT2D eigenvalue weighted by atomic mass is 35.5. The lowest BCUT2D eigenvalue weighted by Gasteiger charge is -2.07. The summed E-state index contributed by atoms with van der Waals surface area (Å²) in [5.74, 6) is 0.361. The summed E-state index contributed by atoms with van der Waals surface area (Å²) in [5.41, 5.74) is 3.13. The van der Waals surface area contributed by atoms with Crippen molar-refractivity contribution in [2.24, 2.45) is 0 Å². The smallest absolute Gasteiger partial charge is 0.230 e. The first kappa shape index (κ1) is 15.3. The first-order chi connectivity index (χ1) is 11.1. The Kier molecular flexibility index (Phi) is 4.44. The Labute approximate surface area is 139 Å². The number of hydrogen-bond donors (Lipinski definition) is 1. The summed E-state index contributed by atoms with van der Waals surface area (Å²) in [6, 6.07) is 14.9. The highest BCUT2D eigenvalue weighted by molar-refractivity contribution is 6.30. The molecular formula is C18H15ClN2O2. The summed E-state index contributed by atoms with van der Waals surface area (Å²) in [7, 11) is 0. The van der Waals surface area contributed by atoms with Crippen LogP contribution in [0.15, 0.2) is 59.2 Å². The van der Waals surface area contributed by atoms with Crippen LogP contribution in [-0.2, 0) is 11.2 Å². The zero-order valence-corrected chi connectivity index (χ0v) is 13.3. The van der Waals surface area contributed by atoms with Crippen molar-refractivity contribution in [2.75, 3.05) is 5.32 Å². The topological polar surface area (TPSA) is 55.1 Å². The number of anilines is 1. The normalized spacial score (nSPS) is 10.5. The van der Waals surface area contributed by atoms with Gasteiger partial charge >= 0.3 is 0 Å². The van der Waals surface area contributed by atoms with Crippen LogP contribution in [0.3, 0.4) is 0 Å². The summed E-state index contributed by atoms with van der Waals surface area (Å²) < 4.78 is 5.43. The Morgan fingerprint density at radius 2 is 2.00 bits per heavy atom. The van der Waals surface area contributed by atoms with Gasteiger partial charge in [0.25, 0.3) is 0 Å². The largest absolute Gasteiger partial charge is 0.444 e. The number of aromatic nitrogens is 1. The van der Waals surface area contributed by atoms with Gasteiger partial charge in [-0.3, -0.25) is 4.79 Å². The van der Waals surface area contributed by atoms with Crippen LogP contribution in [0.25, 0.3) is 11.5 Å². The first-order valence-corrected chi connectivity index (χ1v) is 7.55. The summed E-state index contributed by atoms with van der Waals surface area (Å²) in [5, 5.41) is 3.50. The molecule has 3 aromatic rings. The number of hydrogen-bond acceptors (Lipinski definition) is 3. The predicted molar refractivity (Wildman–Crippen MR) is 90.5 cm³/mol. The molecule has 1 N–H and O–H groups in total. The quantitative estimate of drug-likeness (QED) is 0.768. The van der Waals surface area contributed by atoms with E-state index in [-0.39, 0.29) is 12.3 Å². The molecule has 0 radical (unpaired) electrons. The van der Waals surface area contributed by atoms with Gasteiger partial charge in [-0.25, -0.2) is 4.98 Å². The van der Waals surface area contributed by atoms with Gasteiger partial charge in [-0.1, -0.05) is 29.8 Å². The van der Waals surface area contributed by atoms with Gasteiger partial charge in [0.2, 0.25) is 11.8 Å². The summed E-state index contributed by atoms with van der Waals surface area (Å²) in [4.78, 5) is 16.5. The minimum Gasteiger partial charge on any atom is -0.444 e. The molecule has 0 aliphatic heterocycles. The molecule has 0 atom stereocenters. The van der Waals surface area contributed by atoms with E-state index >= 15 is 0 Å². The van der Waals surface area contributed by atoms with Crippen LogP contribution in [0.4, 0.5) is 5.69 Å². The third-order valence-corrected chi connectivity index (χ3v) is 3.61. The van der Waals surface area contributed by atoms with E-state index in [0.29, 0.717) is 16.6 Å². The van der Waals surface area contributed by atoms with Crippen molar-refractivity contribution in [1.82, 2.24) is 4.98 Å². The van der Waals surface area contributed by atoms with Crippen molar-refractivity contribution in [1.29, 1.82) is 0 Å². The summed E-state index contributed by atoms with van der Waals surface area (Å²) in [6.45, 7) is 1.89. The average molecular weight is 327 g/mol. The molecule has 3 rings (SSSR count). The van der Waals surface area contributed by atoms with Crippen molar-refractivity contribution in [3.05, 3.63) is 71.1 Å². The second-order valence-corrected chi connectivity index (χ2v) is 5.63.